The molecule has 5 heteroatoms. The highest BCUT2D eigenvalue weighted by Gasteiger charge is 2.03. The highest BCUT2D eigenvalue weighted by molar-refractivity contribution is 5.82. The molecule has 1 aliphatic rings. The predicted octanol–water partition coefficient (Wildman–Crippen LogP) is 0.254. The Kier molecular flexibility index (Phi) is 4.08. The molecule has 0 fully saturated rings. The molecule has 0 unspecified atom stereocenters. The second-order valence-electron chi connectivity index (χ2n) is 2.88. The van der Waals surface area contributed by atoms with Gasteiger partial charge in [-0.05, 0) is 12.8 Å². The van der Waals surface area contributed by atoms with Crippen molar-refractivity contribution in [2.45, 2.75) is 19.3 Å². The lowest BCUT2D eigenvalue weighted by molar-refractivity contribution is 0.159. The zero-order valence-electron chi connectivity index (χ0n) is 7.58. The van der Waals surface area contributed by atoms with Crippen LogP contribution in [0.3, 0.4) is 0 Å². The topological polar surface area (TPSA) is 76.7 Å². The van der Waals surface area contributed by atoms with Crippen molar-refractivity contribution in [1.82, 2.24) is 5.32 Å². The number of hydrogen-bond acceptors (Lipinski definition) is 4. The van der Waals surface area contributed by atoms with E-state index in [4.69, 9.17) is 5.73 Å². The van der Waals surface area contributed by atoms with Gasteiger partial charge in [-0.1, -0.05) is 0 Å². The molecule has 0 spiro atoms. The van der Waals surface area contributed by atoms with Gasteiger partial charge in [-0.25, -0.2) is 4.79 Å². The van der Waals surface area contributed by atoms with Crippen LogP contribution < -0.4 is 11.1 Å². The summed E-state index contributed by atoms with van der Waals surface area (Å²) in [6.07, 6.45) is 2.62. The summed E-state index contributed by atoms with van der Waals surface area (Å²) >= 11 is 0. The Labute approximate surface area is 77.3 Å². The van der Waals surface area contributed by atoms with Crippen LogP contribution >= 0.6 is 0 Å². The number of aliphatic imine (C=N–C) groups is 1. The van der Waals surface area contributed by atoms with Crippen LogP contribution in [0, 0.1) is 0 Å². The van der Waals surface area contributed by atoms with Crippen molar-refractivity contribution < 1.29 is 9.53 Å². The standard InChI is InChI=1S/C8H15N3O2/c9-8(12)13-6-5-11-7-3-1-2-4-10-7/h1-6H2,(H2,9,12)(H,10,11). The first-order chi connectivity index (χ1) is 6.29. The maximum atomic E-state index is 10.2. The first-order valence-electron chi connectivity index (χ1n) is 4.48. The van der Waals surface area contributed by atoms with E-state index < -0.39 is 6.09 Å². The van der Waals surface area contributed by atoms with Crippen molar-refractivity contribution in [1.29, 1.82) is 0 Å². The molecule has 1 rings (SSSR count). The molecule has 0 bridgehead atoms. The minimum absolute atomic E-state index is 0.300. The lowest BCUT2D eigenvalue weighted by Gasteiger charge is -2.13. The molecule has 0 radical (unpaired) electrons. The lowest BCUT2D eigenvalue weighted by atomic mass is 10.2. The summed E-state index contributed by atoms with van der Waals surface area (Å²) in [7, 11) is 0. The molecule has 0 aromatic rings. The SMILES string of the molecule is NC(=O)OCCNC1=NCCCC1. The van der Waals surface area contributed by atoms with Gasteiger partial charge in [-0.15, -0.1) is 0 Å². The summed E-state index contributed by atoms with van der Waals surface area (Å²) in [5.74, 6) is 1.01. The number of rotatable bonds is 3. The molecule has 5 nitrogen and oxygen atoms in total. The molecule has 0 aliphatic carbocycles. The average molecular weight is 185 g/mol. The van der Waals surface area contributed by atoms with Gasteiger partial charge in [0, 0.05) is 13.0 Å². The summed E-state index contributed by atoms with van der Waals surface area (Å²) in [6, 6.07) is 0. The van der Waals surface area contributed by atoms with E-state index in [1.54, 1.807) is 0 Å². The van der Waals surface area contributed by atoms with Gasteiger partial charge in [0.1, 0.15) is 6.61 Å². The minimum atomic E-state index is -0.729. The second kappa shape index (κ2) is 5.40. The number of amidine groups is 1. The van der Waals surface area contributed by atoms with Gasteiger partial charge in [-0.2, -0.15) is 0 Å². The van der Waals surface area contributed by atoms with E-state index in [0.717, 1.165) is 18.8 Å². The van der Waals surface area contributed by atoms with E-state index in [-0.39, 0.29) is 0 Å². The molecule has 1 heterocycles. The van der Waals surface area contributed by atoms with Gasteiger partial charge < -0.3 is 15.8 Å². The number of nitrogens with two attached hydrogens (primary N) is 1. The third-order valence-corrected chi connectivity index (χ3v) is 1.80. The van der Waals surface area contributed by atoms with Crippen LogP contribution in [0.15, 0.2) is 4.99 Å². The molecule has 1 aliphatic heterocycles. The van der Waals surface area contributed by atoms with Crippen LogP contribution in [-0.2, 0) is 4.74 Å². The molecule has 1 amide bonds. The van der Waals surface area contributed by atoms with E-state index in [9.17, 15) is 4.79 Å². The van der Waals surface area contributed by atoms with Gasteiger partial charge in [-0.3, -0.25) is 4.99 Å². The molecular formula is C8H15N3O2. The fraction of sp³-hybridized carbons (Fsp3) is 0.750. The largest absolute Gasteiger partial charge is 0.448 e. The van der Waals surface area contributed by atoms with Crippen LogP contribution in [0.1, 0.15) is 19.3 Å². The van der Waals surface area contributed by atoms with E-state index in [1.807, 2.05) is 0 Å². The molecule has 0 aromatic carbocycles. The summed E-state index contributed by atoms with van der Waals surface area (Å²) in [6.45, 7) is 1.79. The Morgan fingerprint density at radius 1 is 1.62 bits per heavy atom. The molecule has 0 saturated heterocycles. The van der Waals surface area contributed by atoms with Crippen molar-refractivity contribution in [3.05, 3.63) is 0 Å². The maximum absolute atomic E-state index is 10.2. The smallest absolute Gasteiger partial charge is 0.404 e. The highest BCUT2D eigenvalue weighted by atomic mass is 16.5. The highest BCUT2D eigenvalue weighted by Crippen LogP contribution is 2.03. The Morgan fingerprint density at radius 3 is 3.08 bits per heavy atom. The van der Waals surface area contributed by atoms with Gasteiger partial charge in [0.2, 0.25) is 0 Å². The third kappa shape index (κ3) is 4.35. The van der Waals surface area contributed by atoms with Crippen molar-refractivity contribution in [3.8, 4) is 0 Å². The number of carbonyl (C=O) groups excluding carboxylic acids is 1. The molecular weight excluding hydrogens is 170 g/mol. The number of primary amides is 1. The van der Waals surface area contributed by atoms with E-state index >= 15 is 0 Å². The number of carbonyl (C=O) groups is 1. The summed E-state index contributed by atoms with van der Waals surface area (Å²) in [4.78, 5) is 14.5. The monoisotopic (exact) mass is 185 g/mol. The Morgan fingerprint density at radius 2 is 2.46 bits per heavy atom. The predicted molar refractivity (Wildman–Crippen MR) is 49.7 cm³/mol. The quantitative estimate of drug-likeness (QED) is 0.619. The fourth-order valence-electron chi connectivity index (χ4n) is 1.19. The van der Waals surface area contributed by atoms with Crippen LogP contribution in [-0.4, -0.2) is 31.6 Å². The van der Waals surface area contributed by atoms with Crippen LogP contribution in [0.25, 0.3) is 0 Å². The number of hydrogen-bond donors (Lipinski definition) is 2. The third-order valence-electron chi connectivity index (χ3n) is 1.80. The number of nitrogens with zero attached hydrogens (tertiary/aromatic N) is 1. The van der Waals surface area contributed by atoms with Crippen LogP contribution in [0.5, 0.6) is 0 Å². The molecule has 0 atom stereocenters. The van der Waals surface area contributed by atoms with Gasteiger partial charge in [0.05, 0.1) is 12.4 Å². The minimum Gasteiger partial charge on any atom is -0.448 e. The first-order valence-corrected chi connectivity index (χ1v) is 4.48. The fourth-order valence-corrected chi connectivity index (χ4v) is 1.19. The first kappa shape index (κ1) is 9.83. The van der Waals surface area contributed by atoms with Crippen LogP contribution in [0.2, 0.25) is 0 Å². The molecule has 0 aromatic heterocycles. The van der Waals surface area contributed by atoms with Gasteiger partial charge in [0.25, 0.3) is 0 Å². The second-order valence-corrected chi connectivity index (χ2v) is 2.88. The zero-order chi connectivity index (χ0) is 9.52. The molecule has 3 N–H and O–H groups in total. The van der Waals surface area contributed by atoms with Crippen LogP contribution in [0.4, 0.5) is 4.79 Å². The Hall–Kier alpha value is -1.26. The Balaban J connectivity index is 2.04. The zero-order valence-corrected chi connectivity index (χ0v) is 7.58. The van der Waals surface area contributed by atoms with Crippen molar-refractivity contribution in [2.75, 3.05) is 19.7 Å². The maximum Gasteiger partial charge on any atom is 0.404 e. The number of amides is 1. The van der Waals surface area contributed by atoms with Crippen molar-refractivity contribution in [2.24, 2.45) is 10.7 Å². The van der Waals surface area contributed by atoms with E-state index in [2.05, 4.69) is 15.0 Å². The normalized spacial score (nSPS) is 16.2. The van der Waals surface area contributed by atoms with Gasteiger partial charge >= 0.3 is 6.09 Å². The molecule has 13 heavy (non-hydrogen) atoms. The van der Waals surface area contributed by atoms with Crippen molar-refractivity contribution in [3.63, 3.8) is 0 Å². The molecule has 0 saturated carbocycles. The average Bonchev–Trinajstić information content (AvgIpc) is 2.14. The van der Waals surface area contributed by atoms with E-state index in [1.165, 1.54) is 12.8 Å². The number of nitrogens with one attached hydrogen (secondary N) is 1. The summed E-state index contributed by atoms with van der Waals surface area (Å²) in [5, 5.41) is 3.09. The lowest BCUT2D eigenvalue weighted by Crippen LogP contribution is -2.30. The van der Waals surface area contributed by atoms with Gasteiger partial charge in [0.15, 0.2) is 0 Å². The van der Waals surface area contributed by atoms with E-state index in [0.29, 0.717) is 13.2 Å². The number of ether oxygens (including phenoxy) is 1. The summed E-state index contributed by atoms with van der Waals surface area (Å²) in [5.41, 5.74) is 4.79. The molecule has 74 valence electrons. The summed E-state index contributed by atoms with van der Waals surface area (Å²) < 4.78 is 4.55. The Bertz CT molecular complexity index is 204. The van der Waals surface area contributed by atoms with Crippen molar-refractivity contribution >= 4 is 11.9 Å².